The quantitative estimate of drug-likeness (QED) is 0.642. The van der Waals surface area contributed by atoms with Crippen LogP contribution in [-0.4, -0.2) is 25.1 Å². The third-order valence-corrected chi connectivity index (χ3v) is 4.24. The van der Waals surface area contributed by atoms with Crippen molar-refractivity contribution in [3.8, 4) is 16.9 Å². The molecule has 1 amide bonds. The maximum Gasteiger partial charge on any atom is 0.338 e. The van der Waals surface area contributed by atoms with Crippen molar-refractivity contribution in [3.05, 3.63) is 84.4 Å². The molecule has 3 aromatic carbocycles. The van der Waals surface area contributed by atoms with Crippen LogP contribution in [0.1, 0.15) is 17.3 Å². The zero-order chi connectivity index (χ0) is 19.9. The van der Waals surface area contributed by atoms with Gasteiger partial charge >= 0.3 is 5.97 Å². The first-order valence-electron chi connectivity index (χ1n) is 8.88. The summed E-state index contributed by atoms with van der Waals surface area (Å²) in [7, 11) is 1.57. The number of benzene rings is 3. The molecule has 0 aliphatic rings. The summed E-state index contributed by atoms with van der Waals surface area (Å²) in [6.45, 7) is 1.54. The van der Waals surface area contributed by atoms with E-state index in [0.717, 1.165) is 11.1 Å². The minimum absolute atomic E-state index is 0.392. The first-order valence-corrected chi connectivity index (χ1v) is 8.88. The first-order chi connectivity index (χ1) is 13.6. The highest BCUT2D eigenvalue weighted by Gasteiger charge is 2.19. The molecular formula is C23H21NO4. The monoisotopic (exact) mass is 375 g/mol. The standard InChI is InChI=1S/C23H21NO4/c1-16(22(25)24-20-12-14-21(27-2)15-13-20)28-23(26)19-10-8-18(9-11-19)17-6-4-3-5-7-17/h3-16H,1-2H3,(H,24,25). The molecule has 0 saturated heterocycles. The van der Waals surface area contributed by atoms with Gasteiger partial charge in [-0.05, 0) is 54.4 Å². The summed E-state index contributed by atoms with van der Waals surface area (Å²) in [5.74, 6) is -0.257. The summed E-state index contributed by atoms with van der Waals surface area (Å²) < 4.78 is 10.4. The van der Waals surface area contributed by atoms with Gasteiger partial charge in [-0.25, -0.2) is 4.79 Å². The van der Waals surface area contributed by atoms with E-state index in [-0.39, 0.29) is 0 Å². The van der Waals surface area contributed by atoms with Crippen LogP contribution in [0, 0.1) is 0 Å². The third-order valence-electron chi connectivity index (χ3n) is 4.24. The van der Waals surface area contributed by atoms with E-state index >= 15 is 0 Å². The van der Waals surface area contributed by atoms with E-state index in [4.69, 9.17) is 9.47 Å². The van der Waals surface area contributed by atoms with Crippen molar-refractivity contribution in [2.75, 3.05) is 12.4 Å². The van der Waals surface area contributed by atoms with E-state index in [1.807, 2.05) is 42.5 Å². The molecule has 3 rings (SSSR count). The number of esters is 1. The van der Waals surface area contributed by atoms with Gasteiger partial charge in [-0.15, -0.1) is 0 Å². The zero-order valence-electron chi connectivity index (χ0n) is 15.7. The Balaban J connectivity index is 1.59. The predicted molar refractivity (Wildman–Crippen MR) is 108 cm³/mol. The third kappa shape index (κ3) is 4.76. The summed E-state index contributed by atoms with van der Waals surface area (Å²) in [5, 5.41) is 2.71. The lowest BCUT2D eigenvalue weighted by Crippen LogP contribution is -2.29. The molecule has 0 spiro atoms. The Morgan fingerprint density at radius 2 is 1.43 bits per heavy atom. The predicted octanol–water partition coefficient (Wildman–Crippen LogP) is 4.55. The molecule has 1 N–H and O–H groups in total. The number of ether oxygens (including phenoxy) is 2. The Bertz CT molecular complexity index is 935. The van der Waals surface area contributed by atoms with Crippen LogP contribution in [0.25, 0.3) is 11.1 Å². The zero-order valence-corrected chi connectivity index (χ0v) is 15.7. The maximum atomic E-state index is 12.3. The highest BCUT2D eigenvalue weighted by Crippen LogP contribution is 2.20. The SMILES string of the molecule is COc1ccc(NC(=O)C(C)OC(=O)c2ccc(-c3ccccc3)cc2)cc1. The van der Waals surface area contributed by atoms with Crippen molar-refractivity contribution in [1.82, 2.24) is 0 Å². The lowest BCUT2D eigenvalue weighted by molar-refractivity contribution is -0.123. The molecule has 0 bridgehead atoms. The van der Waals surface area contributed by atoms with E-state index in [1.165, 1.54) is 6.92 Å². The molecule has 0 radical (unpaired) electrons. The van der Waals surface area contributed by atoms with E-state index in [9.17, 15) is 9.59 Å². The van der Waals surface area contributed by atoms with Crippen LogP contribution < -0.4 is 10.1 Å². The molecule has 5 heteroatoms. The molecule has 0 aliphatic heterocycles. The topological polar surface area (TPSA) is 64.6 Å². The van der Waals surface area contributed by atoms with Gasteiger partial charge in [-0.2, -0.15) is 0 Å². The van der Waals surface area contributed by atoms with Gasteiger partial charge in [0, 0.05) is 5.69 Å². The minimum atomic E-state index is -0.927. The van der Waals surface area contributed by atoms with E-state index in [2.05, 4.69) is 5.32 Å². The van der Waals surface area contributed by atoms with Gasteiger partial charge in [0.05, 0.1) is 12.7 Å². The van der Waals surface area contributed by atoms with Gasteiger partial charge in [0.25, 0.3) is 5.91 Å². The Hall–Kier alpha value is -3.60. The van der Waals surface area contributed by atoms with Crippen molar-refractivity contribution < 1.29 is 19.1 Å². The molecular weight excluding hydrogens is 354 g/mol. The molecule has 0 fully saturated rings. The van der Waals surface area contributed by atoms with Crippen LogP contribution in [0.4, 0.5) is 5.69 Å². The molecule has 142 valence electrons. The number of anilines is 1. The summed E-state index contributed by atoms with van der Waals surface area (Å²) in [5.41, 5.74) is 3.06. The van der Waals surface area contributed by atoms with Crippen LogP contribution in [0.3, 0.4) is 0 Å². The van der Waals surface area contributed by atoms with E-state index < -0.39 is 18.0 Å². The molecule has 3 aromatic rings. The molecule has 0 saturated carbocycles. The number of hydrogen-bond donors (Lipinski definition) is 1. The van der Waals surface area contributed by atoms with E-state index in [1.54, 1.807) is 43.5 Å². The fourth-order valence-corrected chi connectivity index (χ4v) is 2.63. The average Bonchev–Trinajstić information content (AvgIpc) is 2.75. The fourth-order valence-electron chi connectivity index (χ4n) is 2.63. The number of carbonyl (C=O) groups excluding carboxylic acids is 2. The Morgan fingerprint density at radius 1 is 0.821 bits per heavy atom. The van der Waals surface area contributed by atoms with Crippen LogP contribution in [0.15, 0.2) is 78.9 Å². The van der Waals surface area contributed by atoms with Gasteiger partial charge in [-0.3, -0.25) is 4.79 Å². The first kappa shape index (κ1) is 19.2. The normalized spacial score (nSPS) is 11.4. The molecule has 28 heavy (non-hydrogen) atoms. The van der Waals surface area contributed by atoms with E-state index in [0.29, 0.717) is 17.0 Å². The number of amides is 1. The largest absolute Gasteiger partial charge is 0.497 e. The van der Waals surface area contributed by atoms with Crippen molar-refractivity contribution in [1.29, 1.82) is 0 Å². The molecule has 0 aromatic heterocycles. The number of hydrogen-bond acceptors (Lipinski definition) is 4. The van der Waals surface area contributed by atoms with Crippen molar-refractivity contribution in [3.63, 3.8) is 0 Å². The molecule has 0 heterocycles. The number of carbonyl (C=O) groups is 2. The van der Waals surface area contributed by atoms with Crippen molar-refractivity contribution in [2.24, 2.45) is 0 Å². The number of nitrogens with one attached hydrogen (secondary N) is 1. The van der Waals surface area contributed by atoms with Crippen LogP contribution in [0.2, 0.25) is 0 Å². The summed E-state index contributed by atoms with van der Waals surface area (Å²) in [6.07, 6.45) is -0.927. The van der Waals surface area contributed by atoms with Gasteiger partial charge in [-0.1, -0.05) is 42.5 Å². The molecule has 0 aliphatic carbocycles. The van der Waals surface area contributed by atoms with Crippen LogP contribution in [0.5, 0.6) is 5.75 Å². The van der Waals surface area contributed by atoms with Gasteiger partial charge in [0.1, 0.15) is 5.75 Å². The molecule has 5 nitrogen and oxygen atoms in total. The van der Waals surface area contributed by atoms with Crippen LogP contribution in [-0.2, 0) is 9.53 Å². The maximum absolute atomic E-state index is 12.3. The number of methoxy groups -OCH3 is 1. The second kappa shape index (κ2) is 8.86. The number of rotatable bonds is 6. The van der Waals surface area contributed by atoms with Gasteiger partial charge < -0.3 is 14.8 Å². The Morgan fingerprint density at radius 3 is 2.04 bits per heavy atom. The molecule has 1 unspecified atom stereocenters. The highest BCUT2D eigenvalue weighted by molar-refractivity contribution is 5.97. The van der Waals surface area contributed by atoms with Crippen LogP contribution >= 0.6 is 0 Å². The lowest BCUT2D eigenvalue weighted by Gasteiger charge is -2.14. The fraction of sp³-hybridized carbons (Fsp3) is 0.130. The summed E-state index contributed by atoms with van der Waals surface area (Å²) in [6, 6.07) is 23.9. The smallest absolute Gasteiger partial charge is 0.338 e. The average molecular weight is 375 g/mol. The lowest BCUT2D eigenvalue weighted by atomic mass is 10.0. The highest BCUT2D eigenvalue weighted by atomic mass is 16.5. The second-order valence-electron chi connectivity index (χ2n) is 6.21. The summed E-state index contributed by atoms with van der Waals surface area (Å²) >= 11 is 0. The summed E-state index contributed by atoms with van der Waals surface area (Å²) in [4.78, 5) is 24.6. The Kier molecular flexibility index (Phi) is 6.07. The minimum Gasteiger partial charge on any atom is -0.497 e. The van der Waals surface area contributed by atoms with Crippen molar-refractivity contribution >= 4 is 17.6 Å². The second-order valence-corrected chi connectivity index (χ2v) is 6.21. The Labute approximate surface area is 163 Å². The molecule has 1 atom stereocenters. The van der Waals surface area contributed by atoms with Crippen molar-refractivity contribution in [2.45, 2.75) is 13.0 Å². The van der Waals surface area contributed by atoms with Gasteiger partial charge in [0.2, 0.25) is 0 Å². The van der Waals surface area contributed by atoms with Gasteiger partial charge in [0.15, 0.2) is 6.10 Å².